The molecule has 0 bridgehead atoms. The molecule has 2 rings (SSSR count). The fourth-order valence-electron chi connectivity index (χ4n) is 4.25. The van der Waals surface area contributed by atoms with Gasteiger partial charge in [0.05, 0.1) is 13.2 Å². The van der Waals surface area contributed by atoms with Gasteiger partial charge in [-0.1, -0.05) is 26.0 Å². The van der Waals surface area contributed by atoms with Crippen molar-refractivity contribution in [3.05, 3.63) is 56.6 Å². The van der Waals surface area contributed by atoms with Gasteiger partial charge in [0.1, 0.15) is 11.5 Å². The molecule has 0 aromatic heterocycles. The monoisotopic (exact) mass is 416 g/mol. The maximum absolute atomic E-state index is 6.62. The minimum atomic E-state index is 0.149. The van der Waals surface area contributed by atoms with Crippen molar-refractivity contribution in [2.45, 2.75) is 74.1 Å². The maximum Gasteiger partial charge on any atom is 0.125 e. The molecule has 0 atom stereocenters. The van der Waals surface area contributed by atoms with Gasteiger partial charge in [-0.05, 0) is 98.9 Å². The summed E-state index contributed by atoms with van der Waals surface area (Å²) in [6, 6.07) is 4.63. The molecule has 0 aliphatic carbocycles. The number of halogens is 1. The van der Waals surface area contributed by atoms with E-state index < -0.39 is 0 Å². The Kier molecular flexibility index (Phi) is 8.46. The summed E-state index contributed by atoms with van der Waals surface area (Å²) >= 11 is 6.62. The van der Waals surface area contributed by atoms with E-state index in [1.807, 2.05) is 13.8 Å². The molecule has 0 N–H and O–H groups in total. The molecular weight excluding hydrogens is 380 g/mol. The number of rotatable bonds is 9. The van der Waals surface area contributed by atoms with Gasteiger partial charge >= 0.3 is 0 Å². The summed E-state index contributed by atoms with van der Waals surface area (Å²) in [6.07, 6.45) is 1.89. The minimum absolute atomic E-state index is 0.149. The van der Waals surface area contributed by atoms with Crippen LogP contribution in [0.15, 0.2) is 12.1 Å². The van der Waals surface area contributed by atoms with Crippen LogP contribution in [-0.2, 0) is 12.8 Å². The molecule has 3 heteroatoms. The van der Waals surface area contributed by atoms with Crippen LogP contribution in [0.3, 0.4) is 0 Å². The normalized spacial score (nSPS) is 11.2. The molecule has 0 aliphatic heterocycles. The summed E-state index contributed by atoms with van der Waals surface area (Å²) < 4.78 is 12.0. The predicted octanol–water partition coefficient (Wildman–Crippen LogP) is 7.21. The Morgan fingerprint density at radius 2 is 1.07 bits per heavy atom. The zero-order chi connectivity index (χ0) is 21.7. The summed E-state index contributed by atoms with van der Waals surface area (Å²) in [5.74, 6) is 2.78. The van der Waals surface area contributed by atoms with Crippen molar-refractivity contribution < 1.29 is 9.47 Å². The van der Waals surface area contributed by atoms with Gasteiger partial charge in [0.25, 0.3) is 0 Å². The molecular formula is C26H37ClO2. The van der Waals surface area contributed by atoms with Gasteiger partial charge in [-0.15, -0.1) is 11.6 Å². The van der Waals surface area contributed by atoms with E-state index in [2.05, 4.69) is 53.7 Å². The highest BCUT2D eigenvalue weighted by atomic mass is 35.5. The van der Waals surface area contributed by atoms with Crippen LogP contribution in [0.1, 0.15) is 78.1 Å². The third-order valence-corrected chi connectivity index (χ3v) is 6.47. The van der Waals surface area contributed by atoms with Crippen molar-refractivity contribution in [2.24, 2.45) is 0 Å². The van der Waals surface area contributed by atoms with Crippen molar-refractivity contribution in [3.8, 4) is 11.5 Å². The summed E-state index contributed by atoms with van der Waals surface area (Å²) in [7, 11) is 0. The third-order valence-electron chi connectivity index (χ3n) is 6.16. The lowest BCUT2D eigenvalue weighted by Crippen LogP contribution is -2.12. The lowest BCUT2D eigenvalue weighted by molar-refractivity contribution is 0.334. The molecule has 160 valence electrons. The van der Waals surface area contributed by atoms with Crippen LogP contribution in [0.25, 0.3) is 0 Å². The zero-order valence-electron chi connectivity index (χ0n) is 19.5. The molecule has 29 heavy (non-hydrogen) atoms. The van der Waals surface area contributed by atoms with Gasteiger partial charge < -0.3 is 9.47 Å². The van der Waals surface area contributed by atoms with Gasteiger partial charge in [0.2, 0.25) is 0 Å². The molecule has 2 aromatic carbocycles. The molecule has 0 radical (unpaired) electrons. The fraction of sp³-hybridized carbons (Fsp3) is 0.538. The van der Waals surface area contributed by atoms with E-state index in [0.717, 1.165) is 24.3 Å². The van der Waals surface area contributed by atoms with Gasteiger partial charge in [-0.2, -0.15) is 0 Å². The van der Waals surface area contributed by atoms with Crippen LogP contribution in [0.4, 0.5) is 0 Å². The predicted molar refractivity (Wildman–Crippen MR) is 125 cm³/mol. The Hall–Kier alpha value is -1.67. The number of alkyl halides is 1. The van der Waals surface area contributed by atoms with Crippen LogP contribution in [0.5, 0.6) is 11.5 Å². The Morgan fingerprint density at radius 3 is 1.34 bits per heavy atom. The minimum Gasteiger partial charge on any atom is -0.493 e. The van der Waals surface area contributed by atoms with Gasteiger partial charge in [0.15, 0.2) is 0 Å². The van der Waals surface area contributed by atoms with Gasteiger partial charge in [-0.3, -0.25) is 0 Å². The average Bonchev–Trinajstić information content (AvgIpc) is 2.72. The molecule has 2 aromatic rings. The third kappa shape index (κ3) is 4.58. The average molecular weight is 417 g/mol. The topological polar surface area (TPSA) is 18.5 Å². The second-order valence-electron chi connectivity index (χ2n) is 7.69. The zero-order valence-corrected chi connectivity index (χ0v) is 20.2. The van der Waals surface area contributed by atoms with Crippen molar-refractivity contribution >= 4 is 11.6 Å². The smallest absolute Gasteiger partial charge is 0.125 e. The van der Waals surface area contributed by atoms with Crippen LogP contribution in [-0.4, -0.2) is 19.1 Å². The molecule has 0 unspecified atom stereocenters. The summed E-state index contributed by atoms with van der Waals surface area (Å²) in [5.41, 5.74) is 10.2. The molecule has 0 saturated heterocycles. The van der Waals surface area contributed by atoms with E-state index in [0.29, 0.717) is 19.1 Å². The Morgan fingerprint density at radius 1 is 0.690 bits per heavy atom. The van der Waals surface area contributed by atoms with Crippen molar-refractivity contribution in [1.29, 1.82) is 0 Å². The second kappa shape index (κ2) is 10.4. The number of ether oxygens (including phenoxy) is 2. The first-order chi connectivity index (χ1) is 13.9. The van der Waals surface area contributed by atoms with Gasteiger partial charge in [-0.25, -0.2) is 0 Å². The molecule has 0 saturated carbocycles. The Bertz CT molecular complexity index is 785. The number of hydrogen-bond acceptors (Lipinski definition) is 2. The van der Waals surface area contributed by atoms with E-state index in [4.69, 9.17) is 21.1 Å². The second-order valence-corrected chi connectivity index (χ2v) is 8.00. The number of aryl methyl sites for hydroxylation is 2. The lowest BCUT2D eigenvalue weighted by Gasteiger charge is -2.26. The summed E-state index contributed by atoms with van der Waals surface area (Å²) in [5, 5.41) is 0. The molecule has 0 aliphatic rings. The molecule has 0 fully saturated rings. The fourth-order valence-corrected chi connectivity index (χ4v) is 4.58. The first-order valence-corrected chi connectivity index (χ1v) is 11.5. The first-order valence-electron chi connectivity index (χ1n) is 10.9. The Balaban J connectivity index is 2.72. The number of benzene rings is 2. The van der Waals surface area contributed by atoms with Crippen LogP contribution in [0.2, 0.25) is 0 Å². The van der Waals surface area contributed by atoms with Gasteiger partial charge in [0, 0.05) is 11.8 Å². The summed E-state index contributed by atoms with van der Waals surface area (Å²) in [4.78, 5) is 0. The quantitative estimate of drug-likeness (QED) is 0.402. The van der Waals surface area contributed by atoms with Crippen molar-refractivity contribution in [1.82, 2.24) is 0 Å². The maximum atomic E-state index is 6.62. The van der Waals surface area contributed by atoms with Crippen molar-refractivity contribution in [3.63, 3.8) is 0 Å². The van der Waals surface area contributed by atoms with Crippen LogP contribution < -0.4 is 9.47 Å². The van der Waals surface area contributed by atoms with E-state index in [-0.39, 0.29) is 5.92 Å². The molecule has 0 spiro atoms. The number of hydrogen-bond donors (Lipinski definition) is 0. The van der Waals surface area contributed by atoms with E-state index in [9.17, 15) is 0 Å². The highest BCUT2D eigenvalue weighted by Crippen LogP contribution is 2.40. The highest BCUT2D eigenvalue weighted by Gasteiger charge is 2.24. The molecule has 0 heterocycles. The van der Waals surface area contributed by atoms with E-state index in [1.54, 1.807) is 0 Å². The highest BCUT2D eigenvalue weighted by molar-refractivity contribution is 6.18. The standard InChI is InChI=1S/C26H37ClO2/c1-9-20-13-22(16(5)18(7)25(20)28-11-3)24(15-27)23-14-21(10-2)26(29-12-4)19(8)17(23)6/h13-14,24H,9-12,15H2,1-8H3. The van der Waals surface area contributed by atoms with Crippen LogP contribution in [0, 0.1) is 27.7 Å². The van der Waals surface area contributed by atoms with E-state index in [1.165, 1.54) is 44.5 Å². The van der Waals surface area contributed by atoms with Crippen molar-refractivity contribution in [2.75, 3.05) is 19.1 Å². The molecule has 2 nitrogen and oxygen atoms in total. The summed E-state index contributed by atoms with van der Waals surface area (Å²) in [6.45, 7) is 18.6. The SMILES string of the molecule is CCOc1c(CC)cc(C(CCl)c2cc(CC)c(OCC)c(C)c2C)c(C)c1C. The Labute approximate surface area is 182 Å². The largest absolute Gasteiger partial charge is 0.493 e. The molecule has 0 amide bonds. The van der Waals surface area contributed by atoms with E-state index >= 15 is 0 Å². The van der Waals surface area contributed by atoms with Crippen LogP contribution >= 0.6 is 11.6 Å². The first kappa shape index (κ1) is 23.6. The lowest BCUT2D eigenvalue weighted by atomic mass is 9.82.